The third-order valence-corrected chi connectivity index (χ3v) is 6.85. The molecule has 0 radical (unpaired) electrons. The van der Waals surface area contributed by atoms with Crippen LogP contribution in [0.15, 0.2) is 70.0 Å². The quantitative estimate of drug-likeness (QED) is 0.302. The van der Waals surface area contributed by atoms with Crippen LogP contribution in [0.25, 0.3) is 6.08 Å². The number of nitrogens with zero attached hydrogens (tertiary/aromatic N) is 1. The summed E-state index contributed by atoms with van der Waals surface area (Å²) in [5.74, 6) is -0.879. The summed E-state index contributed by atoms with van der Waals surface area (Å²) in [6, 6.07) is 15.2. The van der Waals surface area contributed by atoms with Gasteiger partial charge in [0.05, 0.1) is 20.6 Å². The van der Waals surface area contributed by atoms with Crippen molar-refractivity contribution in [3.63, 3.8) is 0 Å². The number of benzene rings is 3. The molecular weight excluding hydrogens is 580 g/mol. The summed E-state index contributed by atoms with van der Waals surface area (Å²) in [5, 5.41) is 11.5. The number of anilines is 2. The first-order valence-electron chi connectivity index (χ1n) is 9.96. The van der Waals surface area contributed by atoms with Crippen molar-refractivity contribution >= 4 is 85.3 Å². The highest BCUT2D eigenvalue weighted by atomic mass is 79.9. The van der Waals surface area contributed by atoms with Crippen LogP contribution in [0.2, 0.25) is 10.0 Å². The molecule has 0 bridgehead atoms. The molecular formula is C24H15BrCl2FN3O3S. The average molecular weight is 595 g/mol. The lowest BCUT2D eigenvalue weighted by molar-refractivity contribution is -0.118. The van der Waals surface area contributed by atoms with E-state index in [1.807, 2.05) is 0 Å². The van der Waals surface area contributed by atoms with E-state index in [1.165, 1.54) is 35.2 Å². The Balaban J connectivity index is 1.52. The lowest BCUT2D eigenvalue weighted by atomic mass is 10.2. The van der Waals surface area contributed by atoms with E-state index in [4.69, 9.17) is 33.3 Å². The minimum atomic E-state index is -0.433. The molecule has 0 aliphatic carbocycles. The molecule has 1 heterocycles. The Kier molecular flexibility index (Phi) is 7.81. The van der Waals surface area contributed by atoms with Crippen molar-refractivity contribution in [1.29, 1.82) is 5.41 Å². The number of halogens is 4. The second-order valence-corrected chi connectivity index (χ2v) is 9.94. The molecule has 2 amide bonds. The Morgan fingerprint density at radius 1 is 1.11 bits per heavy atom. The van der Waals surface area contributed by atoms with Crippen LogP contribution < -0.4 is 15.0 Å². The lowest BCUT2D eigenvalue weighted by Gasteiger charge is -2.15. The Morgan fingerprint density at radius 3 is 2.57 bits per heavy atom. The second-order valence-electron chi connectivity index (χ2n) is 7.18. The molecule has 3 aromatic carbocycles. The Morgan fingerprint density at radius 2 is 1.86 bits per heavy atom. The van der Waals surface area contributed by atoms with E-state index in [0.717, 1.165) is 16.2 Å². The Hall–Kier alpha value is -2.85. The number of hydrogen-bond donors (Lipinski definition) is 2. The number of hydrogen-bond acceptors (Lipinski definition) is 5. The van der Waals surface area contributed by atoms with Gasteiger partial charge in [0.1, 0.15) is 11.6 Å². The van der Waals surface area contributed by atoms with Crippen LogP contribution in [0.5, 0.6) is 5.75 Å². The van der Waals surface area contributed by atoms with Crippen molar-refractivity contribution in [1.82, 2.24) is 0 Å². The van der Waals surface area contributed by atoms with Gasteiger partial charge in [0.2, 0.25) is 0 Å². The molecule has 0 saturated carbocycles. The van der Waals surface area contributed by atoms with Gasteiger partial charge in [0.15, 0.2) is 11.8 Å². The molecule has 1 saturated heterocycles. The number of thioether (sulfide) groups is 1. The van der Waals surface area contributed by atoms with E-state index >= 15 is 0 Å². The van der Waals surface area contributed by atoms with Crippen molar-refractivity contribution in [3.05, 3.63) is 91.5 Å². The molecule has 2 N–H and O–H groups in total. The maximum absolute atomic E-state index is 13.1. The van der Waals surface area contributed by atoms with Crippen LogP contribution in [-0.4, -0.2) is 23.6 Å². The topological polar surface area (TPSA) is 82.5 Å². The normalized spacial score (nSPS) is 14.5. The number of nitrogens with one attached hydrogen (secondary N) is 2. The minimum absolute atomic E-state index is 0.00998. The van der Waals surface area contributed by atoms with Crippen LogP contribution in [0.1, 0.15) is 5.56 Å². The number of amidine groups is 1. The summed E-state index contributed by atoms with van der Waals surface area (Å²) in [5.41, 5.74) is 1.40. The monoisotopic (exact) mass is 593 g/mol. The van der Waals surface area contributed by atoms with Gasteiger partial charge in [-0.05, 0) is 78.5 Å². The van der Waals surface area contributed by atoms with Gasteiger partial charge in [0, 0.05) is 15.7 Å². The molecule has 178 valence electrons. The maximum atomic E-state index is 13.1. The van der Waals surface area contributed by atoms with Crippen LogP contribution in [-0.2, 0) is 9.59 Å². The van der Waals surface area contributed by atoms with Crippen LogP contribution in [0, 0.1) is 11.2 Å². The number of carbonyl (C=O) groups excluding carboxylic acids is 2. The van der Waals surface area contributed by atoms with Gasteiger partial charge in [-0.3, -0.25) is 19.9 Å². The molecule has 1 aliphatic heterocycles. The molecule has 0 spiro atoms. The number of amides is 2. The largest absolute Gasteiger partial charge is 0.483 e. The molecule has 1 fully saturated rings. The van der Waals surface area contributed by atoms with Crippen LogP contribution in [0.3, 0.4) is 0 Å². The first-order chi connectivity index (χ1) is 16.7. The Bertz CT molecular complexity index is 1370. The van der Waals surface area contributed by atoms with E-state index < -0.39 is 17.6 Å². The molecule has 1 aliphatic rings. The predicted octanol–water partition coefficient (Wildman–Crippen LogP) is 6.97. The van der Waals surface area contributed by atoms with Crippen LogP contribution in [0.4, 0.5) is 15.8 Å². The Labute approximate surface area is 222 Å². The highest BCUT2D eigenvalue weighted by Gasteiger charge is 2.34. The van der Waals surface area contributed by atoms with E-state index in [1.54, 1.807) is 36.4 Å². The van der Waals surface area contributed by atoms with Gasteiger partial charge >= 0.3 is 0 Å². The zero-order valence-corrected chi connectivity index (χ0v) is 21.6. The molecule has 0 aromatic heterocycles. The van der Waals surface area contributed by atoms with Crippen molar-refractivity contribution in [3.8, 4) is 5.75 Å². The van der Waals surface area contributed by atoms with E-state index in [0.29, 0.717) is 32.6 Å². The van der Waals surface area contributed by atoms with Gasteiger partial charge in [-0.2, -0.15) is 0 Å². The third-order valence-electron chi connectivity index (χ3n) is 4.73. The van der Waals surface area contributed by atoms with Crippen molar-refractivity contribution in [2.45, 2.75) is 0 Å². The molecule has 35 heavy (non-hydrogen) atoms. The van der Waals surface area contributed by atoms with E-state index in [2.05, 4.69) is 21.2 Å². The molecule has 4 rings (SSSR count). The van der Waals surface area contributed by atoms with Crippen molar-refractivity contribution in [2.24, 2.45) is 0 Å². The van der Waals surface area contributed by atoms with Gasteiger partial charge < -0.3 is 10.1 Å². The minimum Gasteiger partial charge on any atom is -0.483 e. The molecule has 0 unspecified atom stereocenters. The molecule has 11 heteroatoms. The SMILES string of the molecule is N=C1S/C(=C\c2cc(Br)ccc2OCC(=O)Nc2ccc(F)cc2)C(=O)N1c1ccc(Cl)c(Cl)c1. The zero-order valence-electron chi connectivity index (χ0n) is 17.7. The zero-order chi connectivity index (χ0) is 25.1. The maximum Gasteiger partial charge on any atom is 0.271 e. The fraction of sp³-hybridized carbons (Fsp3) is 0.0417. The van der Waals surface area contributed by atoms with E-state index in [9.17, 15) is 14.0 Å². The summed E-state index contributed by atoms with van der Waals surface area (Å²) >= 11 is 16.4. The molecule has 0 atom stereocenters. The highest BCUT2D eigenvalue weighted by molar-refractivity contribution is 9.10. The number of carbonyl (C=O) groups is 2. The highest BCUT2D eigenvalue weighted by Crippen LogP contribution is 2.38. The summed E-state index contributed by atoms with van der Waals surface area (Å²) < 4.78 is 19.5. The first-order valence-corrected chi connectivity index (χ1v) is 12.3. The fourth-order valence-electron chi connectivity index (χ4n) is 3.12. The second kappa shape index (κ2) is 10.8. The summed E-state index contributed by atoms with van der Waals surface area (Å²) in [6.07, 6.45) is 1.59. The average Bonchev–Trinajstić information content (AvgIpc) is 3.09. The van der Waals surface area contributed by atoms with Gasteiger partial charge in [-0.1, -0.05) is 39.1 Å². The lowest BCUT2D eigenvalue weighted by Crippen LogP contribution is -2.28. The van der Waals surface area contributed by atoms with Gasteiger partial charge in [0.25, 0.3) is 11.8 Å². The fourth-order valence-corrected chi connectivity index (χ4v) is 4.65. The smallest absolute Gasteiger partial charge is 0.271 e. The van der Waals surface area contributed by atoms with Gasteiger partial charge in [-0.25, -0.2) is 4.39 Å². The third kappa shape index (κ3) is 6.05. The van der Waals surface area contributed by atoms with Gasteiger partial charge in [-0.15, -0.1) is 0 Å². The summed E-state index contributed by atoms with van der Waals surface area (Å²) in [6.45, 7) is -0.304. The standard InChI is InChI=1S/C24H15BrCl2FN3O3S/c25-14-1-8-20(34-12-22(32)30-16-4-2-15(28)3-5-16)13(9-14)10-21-23(33)31(24(29)35-21)17-6-7-18(26)19(27)11-17/h1-11,29H,12H2,(H,30,32)/b21-10-,29-24?. The predicted molar refractivity (Wildman–Crippen MR) is 142 cm³/mol. The molecule has 6 nitrogen and oxygen atoms in total. The molecule has 3 aromatic rings. The van der Waals surface area contributed by atoms with Crippen molar-refractivity contribution < 1.29 is 18.7 Å². The van der Waals surface area contributed by atoms with Crippen molar-refractivity contribution in [2.75, 3.05) is 16.8 Å². The summed E-state index contributed by atoms with van der Waals surface area (Å²) in [4.78, 5) is 26.9. The number of ether oxygens (including phenoxy) is 1. The number of rotatable bonds is 6. The van der Waals surface area contributed by atoms with Crippen LogP contribution >= 0.6 is 50.9 Å². The van der Waals surface area contributed by atoms with E-state index in [-0.39, 0.29) is 16.8 Å². The summed E-state index contributed by atoms with van der Waals surface area (Å²) in [7, 11) is 0. The first kappa shape index (κ1) is 25.2.